The van der Waals surface area contributed by atoms with Gasteiger partial charge in [0.05, 0.1) is 6.54 Å². The summed E-state index contributed by atoms with van der Waals surface area (Å²) < 4.78 is 1.92. The summed E-state index contributed by atoms with van der Waals surface area (Å²) in [6.45, 7) is 1.71. The maximum atomic E-state index is 12.7. The molecule has 0 aliphatic carbocycles. The van der Waals surface area contributed by atoms with Gasteiger partial charge in [0.15, 0.2) is 0 Å². The van der Waals surface area contributed by atoms with E-state index in [9.17, 15) is 9.59 Å². The lowest BCUT2D eigenvalue weighted by molar-refractivity contribution is -0.143. The van der Waals surface area contributed by atoms with E-state index in [1.165, 1.54) is 0 Å². The van der Waals surface area contributed by atoms with Crippen LogP contribution in [0, 0.1) is 0 Å². The Kier molecular flexibility index (Phi) is 3.46. The van der Waals surface area contributed by atoms with E-state index < -0.39 is 0 Å². The first kappa shape index (κ1) is 13.1. The second kappa shape index (κ2) is 5.26. The van der Waals surface area contributed by atoms with Crippen LogP contribution in [0.3, 0.4) is 0 Å². The Morgan fingerprint density at radius 1 is 1.30 bits per heavy atom. The molecule has 0 saturated carbocycles. The van der Waals surface area contributed by atoms with Gasteiger partial charge >= 0.3 is 0 Å². The zero-order valence-electron chi connectivity index (χ0n) is 11.8. The molecule has 0 bridgehead atoms. The topological polar surface area (TPSA) is 58.4 Å². The monoisotopic (exact) mass is 276 g/mol. The van der Waals surface area contributed by atoms with E-state index in [1.54, 1.807) is 16.0 Å². The Morgan fingerprint density at radius 3 is 2.90 bits per heavy atom. The van der Waals surface area contributed by atoms with Crippen LogP contribution in [-0.4, -0.2) is 50.3 Å². The van der Waals surface area contributed by atoms with Gasteiger partial charge < -0.3 is 14.4 Å². The van der Waals surface area contributed by atoms with Crippen LogP contribution < -0.4 is 0 Å². The van der Waals surface area contributed by atoms with Crippen LogP contribution >= 0.6 is 0 Å². The van der Waals surface area contributed by atoms with Crippen molar-refractivity contribution in [3.63, 3.8) is 0 Å². The third-order valence-corrected chi connectivity index (χ3v) is 4.27. The van der Waals surface area contributed by atoms with Crippen LogP contribution in [-0.2, 0) is 23.2 Å². The summed E-state index contributed by atoms with van der Waals surface area (Å²) in [7, 11) is 1.92. The number of aromatic nitrogens is 2. The molecule has 2 aliphatic heterocycles. The molecule has 2 saturated heterocycles. The molecule has 2 amide bonds. The first-order valence-electron chi connectivity index (χ1n) is 7.21. The molecule has 1 unspecified atom stereocenters. The molecule has 1 aromatic heterocycles. The minimum atomic E-state index is -0.251. The predicted octanol–water partition coefficient (Wildman–Crippen LogP) is 0.533. The summed E-state index contributed by atoms with van der Waals surface area (Å²) in [5, 5.41) is 0. The molecule has 20 heavy (non-hydrogen) atoms. The molecule has 2 aliphatic rings. The van der Waals surface area contributed by atoms with Crippen molar-refractivity contribution >= 4 is 11.8 Å². The van der Waals surface area contributed by atoms with Gasteiger partial charge in [-0.05, 0) is 19.3 Å². The molecule has 0 aromatic carbocycles. The largest absolute Gasteiger partial charge is 0.337 e. The third-order valence-electron chi connectivity index (χ3n) is 4.27. The molecular formula is C14H20N4O2. The molecule has 1 atom stereocenters. The molecular weight excluding hydrogens is 256 g/mol. The first-order valence-corrected chi connectivity index (χ1v) is 7.21. The number of carbonyl (C=O) groups excluding carboxylic acids is 2. The number of piperidine rings is 1. The van der Waals surface area contributed by atoms with Crippen LogP contribution in [0.4, 0.5) is 0 Å². The highest BCUT2D eigenvalue weighted by molar-refractivity contribution is 5.90. The van der Waals surface area contributed by atoms with E-state index in [4.69, 9.17) is 0 Å². The minimum absolute atomic E-state index is 0.0820. The summed E-state index contributed by atoms with van der Waals surface area (Å²) in [5.41, 5.74) is 0. The van der Waals surface area contributed by atoms with E-state index in [2.05, 4.69) is 4.98 Å². The second-order valence-corrected chi connectivity index (χ2v) is 5.56. The van der Waals surface area contributed by atoms with E-state index in [-0.39, 0.29) is 17.9 Å². The summed E-state index contributed by atoms with van der Waals surface area (Å²) >= 11 is 0. The molecule has 6 nitrogen and oxygen atoms in total. The Morgan fingerprint density at radius 2 is 2.15 bits per heavy atom. The van der Waals surface area contributed by atoms with Crippen LogP contribution in [0.2, 0.25) is 0 Å². The van der Waals surface area contributed by atoms with Gasteiger partial charge in [0.1, 0.15) is 11.9 Å². The number of nitrogens with zero attached hydrogens (tertiary/aromatic N) is 4. The maximum Gasteiger partial charge on any atom is 0.245 e. The highest BCUT2D eigenvalue weighted by Gasteiger charge is 2.37. The lowest BCUT2D eigenvalue weighted by Gasteiger charge is -2.34. The second-order valence-electron chi connectivity index (χ2n) is 5.56. The van der Waals surface area contributed by atoms with Crippen LogP contribution in [0.15, 0.2) is 12.4 Å². The van der Waals surface area contributed by atoms with E-state index in [0.717, 1.165) is 31.6 Å². The normalized spacial score (nSPS) is 23.8. The molecule has 2 fully saturated rings. The van der Waals surface area contributed by atoms with Crippen LogP contribution in [0.1, 0.15) is 31.5 Å². The number of fused-ring (bicyclic) bond motifs is 1. The van der Waals surface area contributed by atoms with Gasteiger partial charge in [0.25, 0.3) is 0 Å². The molecule has 108 valence electrons. The van der Waals surface area contributed by atoms with Gasteiger partial charge in [-0.25, -0.2) is 4.98 Å². The molecule has 1 aromatic rings. The van der Waals surface area contributed by atoms with Gasteiger partial charge in [-0.3, -0.25) is 9.59 Å². The van der Waals surface area contributed by atoms with Gasteiger partial charge in [-0.2, -0.15) is 0 Å². The van der Waals surface area contributed by atoms with Gasteiger partial charge in [-0.1, -0.05) is 0 Å². The number of rotatable bonds is 2. The minimum Gasteiger partial charge on any atom is -0.337 e. The Hall–Kier alpha value is -1.85. The van der Waals surface area contributed by atoms with Gasteiger partial charge in [-0.15, -0.1) is 0 Å². The molecule has 0 N–H and O–H groups in total. The third kappa shape index (κ3) is 2.30. The van der Waals surface area contributed by atoms with Crippen molar-refractivity contribution in [2.24, 2.45) is 7.05 Å². The number of hydrogen-bond donors (Lipinski definition) is 0. The highest BCUT2D eigenvalue weighted by Crippen LogP contribution is 2.23. The van der Waals surface area contributed by atoms with Crippen molar-refractivity contribution in [3.05, 3.63) is 18.2 Å². The smallest absolute Gasteiger partial charge is 0.245 e. The van der Waals surface area contributed by atoms with E-state index in [1.807, 2.05) is 17.8 Å². The fourth-order valence-corrected chi connectivity index (χ4v) is 3.06. The van der Waals surface area contributed by atoms with Crippen molar-refractivity contribution in [2.45, 2.75) is 38.3 Å². The summed E-state index contributed by atoms with van der Waals surface area (Å²) in [5.74, 6) is 1.05. The van der Waals surface area contributed by atoms with Crippen LogP contribution in [0.5, 0.6) is 0 Å². The summed E-state index contributed by atoms with van der Waals surface area (Å²) in [6, 6.07) is -0.251. The van der Waals surface area contributed by atoms with Crippen molar-refractivity contribution in [1.29, 1.82) is 0 Å². The Bertz CT molecular complexity index is 525. The average Bonchev–Trinajstić information content (AvgIpc) is 2.82. The zero-order chi connectivity index (χ0) is 14.1. The lowest BCUT2D eigenvalue weighted by Crippen LogP contribution is -2.49. The highest BCUT2D eigenvalue weighted by atomic mass is 16.2. The number of amides is 2. The summed E-state index contributed by atoms with van der Waals surface area (Å²) in [6.07, 6.45) is 6.85. The standard InChI is InChI=1S/C14H20N4O2/c1-16-9-6-15-12(16)10-17-8-5-13(19)18-7-3-2-4-11(18)14(17)20/h6,9,11H,2-5,7-8,10H2,1H3. The number of imidazole rings is 1. The lowest BCUT2D eigenvalue weighted by atomic mass is 10.0. The van der Waals surface area contributed by atoms with E-state index >= 15 is 0 Å². The predicted molar refractivity (Wildman–Crippen MR) is 72.6 cm³/mol. The maximum absolute atomic E-state index is 12.7. The SMILES string of the molecule is Cn1ccnc1CN1CCC(=O)N2CCCCC2C1=O. The number of carbonyl (C=O) groups is 2. The quantitative estimate of drug-likeness (QED) is 0.792. The molecule has 6 heteroatoms. The van der Waals surface area contributed by atoms with Crippen LogP contribution in [0.25, 0.3) is 0 Å². The molecule has 3 heterocycles. The van der Waals surface area contributed by atoms with Crippen molar-refractivity contribution in [2.75, 3.05) is 13.1 Å². The fraction of sp³-hybridized carbons (Fsp3) is 0.643. The zero-order valence-corrected chi connectivity index (χ0v) is 11.8. The van der Waals surface area contributed by atoms with Crippen molar-refractivity contribution in [1.82, 2.24) is 19.4 Å². The van der Waals surface area contributed by atoms with Crippen molar-refractivity contribution < 1.29 is 9.59 Å². The summed E-state index contributed by atoms with van der Waals surface area (Å²) in [4.78, 5) is 32.6. The Labute approximate surface area is 118 Å². The van der Waals surface area contributed by atoms with Gasteiger partial charge in [0.2, 0.25) is 11.8 Å². The fourth-order valence-electron chi connectivity index (χ4n) is 3.06. The molecule has 3 rings (SSSR count). The number of aryl methyl sites for hydroxylation is 1. The number of hydrogen-bond acceptors (Lipinski definition) is 3. The van der Waals surface area contributed by atoms with Gasteiger partial charge in [0, 0.05) is 39.0 Å². The molecule has 0 radical (unpaired) electrons. The molecule has 0 spiro atoms. The average molecular weight is 276 g/mol. The van der Waals surface area contributed by atoms with E-state index in [0.29, 0.717) is 19.5 Å². The first-order chi connectivity index (χ1) is 9.66. The van der Waals surface area contributed by atoms with Crippen molar-refractivity contribution in [3.8, 4) is 0 Å². The Balaban J connectivity index is 1.80.